The van der Waals surface area contributed by atoms with Crippen LogP contribution in [-0.4, -0.2) is 12.5 Å². The highest BCUT2D eigenvalue weighted by atomic mass is 28.3. The Morgan fingerprint density at radius 3 is 2.14 bits per heavy atom. The van der Waals surface area contributed by atoms with E-state index in [9.17, 15) is 0 Å². The normalized spacial score (nSPS) is 12.7. The van der Waals surface area contributed by atoms with Gasteiger partial charge in [0.2, 0.25) is 5.52 Å². The molecule has 2 nitrogen and oxygen atoms in total. The van der Waals surface area contributed by atoms with Crippen molar-refractivity contribution in [2.45, 2.75) is 40.4 Å². The smallest absolute Gasteiger partial charge is 0.224 e. The number of nitrogens with zero attached hydrogens (tertiary/aromatic N) is 2. The van der Waals surface area contributed by atoms with E-state index in [4.69, 9.17) is 0 Å². The van der Waals surface area contributed by atoms with Crippen LogP contribution in [0, 0.1) is 20.8 Å². The average Bonchev–Trinajstić information content (AvgIpc) is 3.21. The summed E-state index contributed by atoms with van der Waals surface area (Å²) in [4.78, 5) is 0. The molecule has 0 aliphatic carbocycles. The van der Waals surface area contributed by atoms with Crippen molar-refractivity contribution in [3.63, 3.8) is 0 Å². The molecule has 0 aliphatic heterocycles. The Morgan fingerprint density at radius 2 is 1.41 bits per heavy atom. The SMILES string of the molecule is Cc1cc(C)c2c(c1C)c1c3c(cc([Si](C)(C)C)c4c5ccccc5n2c43)c(-c2ccccc2)c[n+]1C. The Morgan fingerprint density at radius 1 is 0.703 bits per heavy atom. The predicted molar refractivity (Wildman–Crippen MR) is 162 cm³/mol. The molecule has 0 radical (unpaired) electrons. The third-order valence-corrected chi connectivity index (χ3v) is 10.5. The molecule has 4 aromatic carbocycles. The summed E-state index contributed by atoms with van der Waals surface area (Å²) >= 11 is 0. The van der Waals surface area contributed by atoms with E-state index in [0.717, 1.165) is 0 Å². The standard InChI is InChI=1S/C34H33N2Si/c1-20-17-21(2)32-29(22(20)3)33-31-25(26(19-35(33)4)23-13-9-8-10-14-23)18-28(37(5,6)7)30-24-15-11-12-16-27(24)36(32)34(30)31/h8-19H,1-7H3/q+1. The molecule has 0 unspecified atom stereocenters. The number of hydrogen-bond donors (Lipinski definition) is 0. The molecule has 3 aromatic heterocycles. The zero-order valence-corrected chi connectivity index (χ0v) is 23.8. The summed E-state index contributed by atoms with van der Waals surface area (Å²) in [5.41, 5.74) is 12.0. The van der Waals surface area contributed by atoms with E-state index in [2.05, 4.69) is 129 Å². The van der Waals surface area contributed by atoms with Crippen LogP contribution >= 0.6 is 0 Å². The first-order valence-electron chi connectivity index (χ1n) is 13.3. The Bertz CT molecular complexity index is 2040. The van der Waals surface area contributed by atoms with Crippen LogP contribution in [-0.2, 0) is 7.05 Å². The van der Waals surface area contributed by atoms with Crippen molar-refractivity contribution >= 4 is 62.3 Å². The molecule has 7 aromatic rings. The molecular formula is C34H33N2Si+. The summed E-state index contributed by atoms with van der Waals surface area (Å²) < 4.78 is 5.00. The van der Waals surface area contributed by atoms with Gasteiger partial charge in [-0.15, -0.1) is 0 Å². The van der Waals surface area contributed by atoms with Gasteiger partial charge in [0.1, 0.15) is 7.05 Å². The molecule has 0 saturated heterocycles. The highest BCUT2D eigenvalue weighted by Gasteiger charge is 2.31. The molecular weight excluding hydrogens is 464 g/mol. The van der Waals surface area contributed by atoms with Crippen LogP contribution in [0.15, 0.2) is 72.9 Å². The summed E-state index contributed by atoms with van der Waals surface area (Å²) in [5.74, 6) is 0. The molecule has 0 aliphatic rings. The minimum Gasteiger partial charge on any atom is -0.307 e. The average molecular weight is 498 g/mol. The van der Waals surface area contributed by atoms with Crippen molar-refractivity contribution in [2.24, 2.45) is 7.05 Å². The molecule has 7 rings (SSSR count). The first-order chi connectivity index (χ1) is 17.7. The Kier molecular flexibility index (Phi) is 4.51. The maximum atomic E-state index is 2.61. The number of fused-ring (bicyclic) bond motifs is 6. The zero-order chi connectivity index (χ0) is 25.8. The van der Waals surface area contributed by atoms with Crippen LogP contribution in [0.2, 0.25) is 19.6 Å². The number of aryl methyl sites for hydroxylation is 4. The van der Waals surface area contributed by atoms with Crippen molar-refractivity contribution < 1.29 is 4.57 Å². The van der Waals surface area contributed by atoms with Gasteiger partial charge < -0.3 is 4.40 Å². The maximum absolute atomic E-state index is 2.61. The minimum absolute atomic E-state index is 1.27. The number of pyridine rings is 2. The summed E-state index contributed by atoms with van der Waals surface area (Å²) in [6, 6.07) is 24.9. The molecule has 0 atom stereocenters. The van der Waals surface area contributed by atoms with Gasteiger partial charge in [0.15, 0.2) is 6.20 Å². The van der Waals surface area contributed by atoms with E-state index < -0.39 is 8.07 Å². The Balaban J connectivity index is 1.94. The lowest BCUT2D eigenvalue weighted by atomic mass is 9.92. The fourth-order valence-corrected chi connectivity index (χ4v) is 8.33. The molecule has 0 bridgehead atoms. The van der Waals surface area contributed by atoms with Crippen molar-refractivity contribution in [1.82, 2.24) is 4.40 Å². The number of para-hydroxylation sites is 1. The van der Waals surface area contributed by atoms with Gasteiger partial charge in [0.05, 0.1) is 41.0 Å². The quantitative estimate of drug-likeness (QED) is 0.0991. The van der Waals surface area contributed by atoms with E-state index in [1.165, 1.54) is 76.8 Å². The number of rotatable bonds is 2. The topological polar surface area (TPSA) is 8.29 Å². The van der Waals surface area contributed by atoms with E-state index in [1.807, 2.05) is 0 Å². The van der Waals surface area contributed by atoms with Gasteiger partial charge >= 0.3 is 0 Å². The van der Waals surface area contributed by atoms with Gasteiger partial charge in [0, 0.05) is 16.2 Å². The number of benzene rings is 4. The lowest BCUT2D eigenvalue weighted by Gasteiger charge is -2.22. The van der Waals surface area contributed by atoms with Crippen molar-refractivity contribution in [3.8, 4) is 11.1 Å². The van der Waals surface area contributed by atoms with E-state index in [0.29, 0.717) is 0 Å². The number of hydrogen-bond acceptors (Lipinski definition) is 0. The predicted octanol–water partition coefficient (Wildman–Crippen LogP) is 7.95. The van der Waals surface area contributed by atoms with Crippen molar-refractivity contribution in [2.75, 3.05) is 0 Å². The molecule has 0 fully saturated rings. The molecule has 0 spiro atoms. The first kappa shape index (κ1) is 22.5. The van der Waals surface area contributed by atoms with Crippen LogP contribution in [0.3, 0.4) is 0 Å². The summed E-state index contributed by atoms with van der Waals surface area (Å²) in [7, 11) is 0.540. The van der Waals surface area contributed by atoms with Gasteiger partial charge in [-0.3, -0.25) is 0 Å². The molecule has 37 heavy (non-hydrogen) atoms. The largest absolute Gasteiger partial charge is 0.307 e. The lowest BCUT2D eigenvalue weighted by molar-refractivity contribution is -0.643. The second kappa shape index (κ2) is 7.42. The minimum atomic E-state index is -1.69. The maximum Gasteiger partial charge on any atom is 0.224 e. The van der Waals surface area contributed by atoms with Crippen LogP contribution in [0.1, 0.15) is 16.7 Å². The van der Waals surface area contributed by atoms with Gasteiger partial charge in [-0.2, -0.15) is 4.57 Å². The molecule has 0 N–H and O–H groups in total. The summed E-state index contributed by atoms with van der Waals surface area (Å²) in [6.07, 6.45) is 2.37. The highest BCUT2D eigenvalue weighted by molar-refractivity contribution is 6.91. The molecule has 3 heterocycles. The van der Waals surface area contributed by atoms with Gasteiger partial charge in [-0.05, 0) is 54.3 Å². The van der Waals surface area contributed by atoms with Crippen LogP contribution in [0.4, 0.5) is 0 Å². The van der Waals surface area contributed by atoms with Crippen molar-refractivity contribution in [1.29, 1.82) is 0 Å². The molecule has 3 heteroatoms. The van der Waals surface area contributed by atoms with Gasteiger partial charge in [0.25, 0.3) is 0 Å². The first-order valence-corrected chi connectivity index (χ1v) is 16.8. The fraction of sp³-hybridized carbons (Fsp3) is 0.206. The lowest BCUT2D eigenvalue weighted by Crippen LogP contribution is -2.38. The Labute approximate surface area is 219 Å². The monoisotopic (exact) mass is 497 g/mol. The molecule has 0 amide bonds. The van der Waals surface area contributed by atoms with E-state index >= 15 is 0 Å². The highest BCUT2D eigenvalue weighted by Crippen LogP contribution is 2.44. The molecule has 0 saturated carbocycles. The van der Waals surface area contributed by atoms with Crippen molar-refractivity contribution in [3.05, 3.63) is 89.6 Å². The fourth-order valence-electron chi connectivity index (χ4n) is 6.75. The van der Waals surface area contributed by atoms with Crippen LogP contribution in [0.25, 0.3) is 60.1 Å². The van der Waals surface area contributed by atoms with E-state index in [-0.39, 0.29) is 0 Å². The third-order valence-electron chi connectivity index (χ3n) is 8.50. The summed E-state index contributed by atoms with van der Waals surface area (Å²) in [5, 5.41) is 8.51. The van der Waals surface area contributed by atoms with Crippen LogP contribution in [0.5, 0.6) is 0 Å². The van der Waals surface area contributed by atoms with E-state index in [1.54, 1.807) is 5.19 Å². The second-order valence-corrected chi connectivity index (χ2v) is 16.9. The van der Waals surface area contributed by atoms with Crippen LogP contribution < -0.4 is 9.75 Å². The molecule has 182 valence electrons. The third kappa shape index (κ3) is 2.89. The number of aromatic nitrogens is 2. The summed E-state index contributed by atoms with van der Waals surface area (Å²) in [6.45, 7) is 14.3. The van der Waals surface area contributed by atoms with Gasteiger partial charge in [-0.25, -0.2) is 0 Å². The zero-order valence-electron chi connectivity index (χ0n) is 22.8. The Hall–Kier alpha value is -3.69. The van der Waals surface area contributed by atoms with Gasteiger partial charge in [-0.1, -0.05) is 80.3 Å². The second-order valence-electron chi connectivity index (χ2n) is 11.9.